The molecule has 0 saturated carbocycles. The topological polar surface area (TPSA) is 57.1 Å². The van der Waals surface area contributed by atoms with Crippen molar-refractivity contribution in [2.75, 3.05) is 7.11 Å². The second-order valence-electron chi connectivity index (χ2n) is 6.77. The molecule has 0 N–H and O–H groups in total. The Labute approximate surface area is 196 Å². The van der Waals surface area contributed by atoms with Crippen LogP contribution in [0.25, 0.3) is 6.08 Å². The third-order valence-electron chi connectivity index (χ3n) is 4.58. The summed E-state index contributed by atoms with van der Waals surface area (Å²) in [6, 6.07) is 15.4. The average molecular weight is 547 g/mol. The first-order valence-corrected chi connectivity index (χ1v) is 10.5. The maximum Gasteiger partial charge on any atom is 0.363 e. The van der Waals surface area contributed by atoms with Gasteiger partial charge in [-0.15, -0.1) is 0 Å². The maximum atomic E-state index is 14.0. The van der Waals surface area contributed by atoms with Gasteiger partial charge in [0, 0.05) is 0 Å². The second-order valence-corrected chi connectivity index (χ2v) is 7.93. The zero-order valence-electron chi connectivity index (χ0n) is 16.8. The number of carbonyl (C=O) groups excluding carboxylic acids is 1. The minimum atomic E-state index is -0.672. The average Bonchev–Trinajstić information content (AvgIpc) is 3.14. The van der Waals surface area contributed by atoms with Gasteiger partial charge in [-0.05, 0) is 76.2 Å². The van der Waals surface area contributed by atoms with Crippen molar-refractivity contribution in [3.8, 4) is 11.5 Å². The number of hydrogen-bond donors (Lipinski definition) is 0. The Hall–Kier alpha value is -3.27. The Kier molecular flexibility index (Phi) is 6.50. The van der Waals surface area contributed by atoms with E-state index >= 15 is 0 Å². The number of hydrogen-bond acceptors (Lipinski definition) is 5. The molecule has 32 heavy (non-hydrogen) atoms. The number of esters is 1. The number of ether oxygens (including phenoxy) is 3. The molecule has 5 nitrogen and oxygen atoms in total. The van der Waals surface area contributed by atoms with Crippen molar-refractivity contribution < 1.29 is 27.8 Å². The number of aliphatic imine (C=N–C) groups is 1. The van der Waals surface area contributed by atoms with Gasteiger partial charge in [-0.1, -0.05) is 24.3 Å². The number of carbonyl (C=O) groups is 1. The SMILES string of the molecule is COc1cc(/C=C2\N=C(c3ccccc3F)OC2=O)cc(I)c1OCc1ccc(F)cc1. The van der Waals surface area contributed by atoms with Gasteiger partial charge in [-0.2, -0.15) is 0 Å². The third kappa shape index (κ3) is 4.80. The van der Waals surface area contributed by atoms with E-state index in [1.54, 1.807) is 36.4 Å². The highest BCUT2D eigenvalue weighted by Crippen LogP contribution is 2.35. The van der Waals surface area contributed by atoms with E-state index in [0.29, 0.717) is 17.1 Å². The van der Waals surface area contributed by atoms with Crippen LogP contribution in [0.15, 0.2) is 71.4 Å². The lowest BCUT2D eigenvalue weighted by Gasteiger charge is -2.14. The molecule has 0 aliphatic carbocycles. The first kappa shape index (κ1) is 21.9. The maximum absolute atomic E-state index is 14.0. The highest BCUT2D eigenvalue weighted by atomic mass is 127. The standard InChI is InChI=1S/C24H16F2INO4/c1-30-21-12-15(10-19(27)22(21)31-13-14-6-8-16(25)9-7-14)11-20-24(29)32-23(28-20)17-4-2-3-5-18(17)26/h2-12H,13H2,1H3/b20-11-. The number of rotatable bonds is 6. The molecule has 0 aromatic heterocycles. The smallest absolute Gasteiger partial charge is 0.363 e. The quantitative estimate of drug-likeness (QED) is 0.233. The van der Waals surface area contributed by atoms with Crippen molar-refractivity contribution in [2.24, 2.45) is 4.99 Å². The zero-order valence-corrected chi connectivity index (χ0v) is 18.9. The molecule has 0 spiro atoms. The highest BCUT2D eigenvalue weighted by molar-refractivity contribution is 14.1. The fourth-order valence-electron chi connectivity index (χ4n) is 3.02. The molecule has 3 aromatic rings. The minimum Gasteiger partial charge on any atom is -0.493 e. The van der Waals surface area contributed by atoms with Crippen molar-refractivity contribution in [3.63, 3.8) is 0 Å². The molecule has 3 aromatic carbocycles. The summed E-state index contributed by atoms with van der Waals surface area (Å²) >= 11 is 2.10. The molecule has 1 heterocycles. The first-order chi connectivity index (χ1) is 15.4. The van der Waals surface area contributed by atoms with Crippen LogP contribution in [0.1, 0.15) is 16.7 Å². The number of nitrogens with zero attached hydrogens (tertiary/aromatic N) is 1. The molecule has 0 saturated heterocycles. The van der Waals surface area contributed by atoms with Gasteiger partial charge in [0.05, 0.1) is 16.2 Å². The molecular formula is C24H16F2INO4. The van der Waals surface area contributed by atoms with Crippen LogP contribution >= 0.6 is 22.6 Å². The Morgan fingerprint density at radius 2 is 1.84 bits per heavy atom. The molecule has 1 aliphatic heterocycles. The van der Waals surface area contributed by atoms with Crippen LogP contribution in [0.4, 0.5) is 8.78 Å². The van der Waals surface area contributed by atoms with Crippen molar-refractivity contribution in [1.82, 2.24) is 0 Å². The highest BCUT2D eigenvalue weighted by Gasteiger charge is 2.26. The van der Waals surface area contributed by atoms with E-state index in [9.17, 15) is 13.6 Å². The van der Waals surface area contributed by atoms with Gasteiger partial charge >= 0.3 is 5.97 Å². The molecule has 0 amide bonds. The van der Waals surface area contributed by atoms with E-state index in [1.165, 1.54) is 37.5 Å². The van der Waals surface area contributed by atoms with E-state index < -0.39 is 11.8 Å². The Morgan fingerprint density at radius 3 is 2.56 bits per heavy atom. The molecule has 1 aliphatic rings. The fourth-order valence-corrected chi connectivity index (χ4v) is 3.80. The normalized spacial score (nSPS) is 14.3. The summed E-state index contributed by atoms with van der Waals surface area (Å²) in [6.07, 6.45) is 1.53. The van der Waals surface area contributed by atoms with Crippen LogP contribution in [-0.2, 0) is 16.1 Å². The van der Waals surface area contributed by atoms with Crippen molar-refractivity contribution in [3.05, 3.63) is 98.3 Å². The third-order valence-corrected chi connectivity index (χ3v) is 5.38. The van der Waals surface area contributed by atoms with E-state index in [0.717, 1.165) is 9.13 Å². The van der Waals surface area contributed by atoms with E-state index in [2.05, 4.69) is 27.6 Å². The number of benzene rings is 3. The Balaban J connectivity index is 1.59. The summed E-state index contributed by atoms with van der Waals surface area (Å²) in [7, 11) is 1.51. The molecule has 0 bridgehead atoms. The van der Waals surface area contributed by atoms with Crippen LogP contribution in [-0.4, -0.2) is 19.0 Å². The van der Waals surface area contributed by atoms with Gasteiger partial charge in [-0.3, -0.25) is 0 Å². The zero-order chi connectivity index (χ0) is 22.7. The molecule has 0 radical (unpaired) electrons. The van der Waals surface area contributed by atoms with Crippen LogP contribution in [0.2, 0.25) is 0 Å². The fraction of sp³-hybridized carbons (Fsp3) is 0.0833. The molecule has 0 fully saturated rings. The lowest BCUT2D eigenvalue weighted by molar-refractivity contribution is -0.129. The summed E-state index contributed by atoms with van der Waals surface area (Å²) in [6.45, 7) is 0.232. The van der Waals surface area contributed by atoms with Gasteiger partial charge < -0.3 is 14.2 Å². The van der Waals surface area contributed by atoms with Crippen molar-refractivity contribution in [1.29, 1.82) is 0 Å². The van der Waals surface area contributed by atoms with Crippen LogP contribution < -0.4 is 9.47 Å². The molecule has 0 atom stereocenters. The van der Waals surface area contributed by atoms with Crippen LogP contribution in [0.5, 0.6) is 11.5 Å². The minimum absolute atomic E-state index is 0.0427. The van der Waals surface area contributed by atoms with Crippen LogP contribution in [0.3, 0.4) is 0 Å². The summed E-state index contributed by atoms with van der Waals surface area (Å²) < 4.78 is 44.3. The number of methoxy groups -OCH3 is 1. The number of halogens is 3. The molecular weight excluding hydrogens is 531 g/mol. The predicted octanol–water partition coefficient (Wildman–Crippen LogP) is 5.50. The second kappa shape index (κ2) is 9.47. The van der Waals surface area contributed by atoms with Crippen molar-refractivity contribution >= 4 is 40.5 Å². The van der Waals surface area contributed by atoms with Gasteiger partial charge in [0.1, 0.15) is 18.2 Å². The van der Waals surface area contributed by atoms with Gasteiger partial charge in [0.25, 0.3) is 0 Å². The van der Waals surface area contributed by atoms with E-state index in [1.807, 2.05) is 0 Å². The first-order valence-electron chi connectivity index (χ1n) is 9.47. The lowest BCUT2D eigenvalue weighted by Crippen LogP contribution is -2.07. The summed E-state index contributed by atoms with van der Waals surface area (Å²) in [5.41, 5.74) is 1.59. The van der Waals surface area contributed by atoms with E-state index in [-0.39, 0.29) is 29.6 Å². The van der Waals surface area contributed by atoms with Gasteiger partial charge in [0.2, 0.25) is 5.90 Å². The summed E-state index contributed by atoms with van der Waals surface area (Å²) in [4.78, 5) is 16.4. The Bertz CT molecular complexity index is 1240. The summed E-state index contributed by atoms with van der Waals surface area (Å²) in [5, 5.41) is 0. The molecule has 8 heteroatoms. The van der Waals surface area contributed by atoms with Crippen LogP contribution in [0, 0.1) is 15.2 Å². The molecule has 162 valence electrons. The Morgan fingerprint density at radius 1 is 1.09 bits per heavy atom. The molecule has 4 rings (SSSR count). The predicted molar refractivity (Wildman–Crippen MR) is 123 cm³/mol. The van der Waals surface area contributed by atoms with Crippen molar-refractivity contribution in [2.45, 2.75) is 6.61 Å². The largest absolute Gasteiger partial charge is 0.493 e. The van der Waals surface area contributed by atoms with Gasteiger partial charge in [0.15, 0.2) is 17.2 Å². The molecule has 0 unspecified atom stereocenters. The number of cyclic esters (lactones) is 1. The monoisotopic (exact) mass is 547 g/mol. The van der Waals surface area contributed by atoms with E-state index in [4.69, 9.17) is 14.2 Å². The van der Waals surface area contributed by atoms with Gasteiger partial charge in [-0.25, -0.2) is 18.6 Å². The summed E-state index contributed by atoms with van der Waals surface area (Å²) in [5.74, 6) is -0.627. The lowest BCUT2D eigenvalue weighted by atomic mass is 10.1.